The number of hydrogen-bond donors (Lipinski definition) is 0. The Kier molecular flexibility index (Phi) is 2.39. The van der Waals surface area contributed by atoms with Gasteiger partial charge in [0.05, 0.1) is 0 Å². The van der Waals surface area contributed by atoms with Crippen LogP contribution < -0.4 is 16.3 Å². The summed E-state index contributed by atoms with van der Waals surface area (Å²) >= 11 is 0. The highest BCUT2D eigenvalue weighted by Gasteiger charge is 2.18. The van der Waals surface area contributed by atoms with Gasteiger partial charge < -0.3 is 0 Å². The first-order valence-corrected chi connectivity index (χ1v) is 7.66. The zero-order chi connectivity index (χ0) is 16.4. The van der Waals surface area contributed by atoms with Crippen LogP contribution in [-0.4, -0.2) is 0 Å². The van der Waals surface area contributed by atoms with Crippen LogP contribution in [0.1, 0.15) is 0 Å². The van der Waals surface area contributed by atoms with Crippen LogP contribution >= 0.6 is 0 Å². The van der Waals surface area contributed by atoms with Crippen LogP contribution in [0, 0.1) is 0 Å². The molecule has 0 N–H and O–H groups in total. The van der Waals surface area contributed by atoms with E-state index in [0.717, 1.165) is 32.3 Å². The lowest BCUT2D eigenvalue weighted by molar-refractivity contribution is 1.41. The molecule has 3 nitrogen and oxygen atoms in total. The molecule has 0 fully saturated rings. The molecule has 0 saturated carbocycles. The molecule has 0 aliphatic heterocycles. The topological polar surface area (TPSA) is 51.2 Å². The zero-order valence-electron chi connectivity index (χ0n) is 12.5. The minimum Gasteiger partial charge on any atom is -0.285 e. The molecule has 112 valence electrons. The Morgan fingerprint density at radius 3 is 2.04 bits per heavy atom. The summed E-state index contributed by atoms with van der Waals surface area (Å²) in [6, 6.07) is 19.2. The molecule has 2 aliphatic carbocycles. The van der Waals surface area contributed by atoms with E-state index in [1.54, 1.807) is 6.07 Å². The van der Waals surface area contributed by atoms with E-state index in [-0.39, 0.29) is 0 Å². The van der Waals surface area contributed by atoms with E-state index in [1.807, 2.05) is 30.3 Å². The predicted molar refractivity (Wildman–Crippen MR) is 96.8 cm³/mol. The minimum atomic E-state index is -0.951. The second kappa shape index (κ2) is 4.36. The lowest BCUT2D eigenvalue weighted by Crippen LogP contribution is -2.37. The van der Waals surface area contributed by atoms with Crippen LogP contribution in [-0.2, 0) is 0 Å². The second-order valence-electron chi connectivity index (χ2n) is 6.09. The van der Waals surface area contributed by atoms with Gasteiger partial charge in [-0.15, -0.1) is 0 Å². The maximum Gasteiger partial charge on any atom is 0.273 e. The average molecular weight is 310 g/mol. The van der Waals surface area contributed by atoms with Crippen LogP contribution in [0.4, 0.5) is 0 Å². The molecule has 0 bridgehead atoms. The van der Waals surface area contributed by atoms with Gasteiger partial charge in [0.25, 0.3) is 5.43 Å². The van der Waals surface area contributed by atoms with Gasteiger partial charge in [0, 0.05) is 5.56 Å². The Morgan fingerprint density at radius 1 is 0.500 bits per heavy atom. The molecular weight excluding hydrogens is 300 g/mol. The van der Waals surface area contributed by atoms with Gasteiger partial charge in [0.1, 0.15) is 0 Å². The van der Waals surface area contributed by atoms with Crippen molar-refractivity contribution in [1.29, 1.82) is 0 Å². The Bertz CT molecular complexity index is 1400. The molecule has 3 aromatic carbocycles. The van der Waals surface area contributed by atoms with Gasteiger partial charge in [-0.05, 0) is 62.1 Å². The third-order valence-electron chi connectivity index (χ3n) is 4.75. The molecule has 0 unspecified atom stereocenters. The van der Waals surface area contributed by atoms with E-state index in [4.69, 9.17) is 0 Å². The summed E-state index contributed by atoms with van der Waals surface area (Å²) in [5, 5.41) is 6.07. The van der Waals surface area contributed by atoms with Crippen LogP contribution in [0.15, 0.2) is 75.0 Å². The van der Waals surface area contributed by atoms with Gasteiger partial charge >= 0.3 is 0 Å². The number of benzene rings is 4. The first-order valence-electron chi connectivity index (χ1n) is 7.66. The third kappa shape index (κ3) is 1.58. The lowest BCUT2D eigenvalue weighted by atomic mass is 10.00. The van der Waals surface area contributed by atoms with Crippen molar-refractivity contribution in [3.8, 4) is 11.1 Å². The Morgan fingerprint density at radius 2 is 1.25 bits per heavy atom. The standard InChI is InChI=1S/C21H10O3/c22-19-10-17-14-6-5-13-7-11-3-1-2-4-12(11)8-15(13)16(14)9-18(17)20(23)21(19)24/h1-10H. The molecule has 5 rings (SSSR count). The van der Waals surface area contributed by atoms with Crippen LogP contribution in [0.3, 0.4) is 0 Å². The highest BCUT2D eigenvalue weighted by molar-refractivity contribution is 6.17. The van der Waals surface area contributed by atoms with Crippen molar-refractivity contribution < 1.29 is 0 Å². The van der Waals surface area contributed by atoms with Gasteiger partial charge in [-0.25, -0.2) is 0 Å². The quantitative estimate of drug-likeness (QED) is 0.326. The molecular formula is C21H10O3. The van der Waals surface area contributed by atoms with Crippen molar-refractivity contribution in [2.24, 2.45) is 0 Å². The summed E-state index contributed by atoms with van der Waals surface area (Å²) in [5.41, 5.74) is -1.50. The minimum absolute atomic E-state index is 0.329. The second-order valence-corrected chi connectivity index (χ2v) is 6.09. The van der Waals surface area contributed by atoms with Crippen molar-refractivity contribution in [2.45, 2.75) is 0 Å². The molecule has 3 heteroatoms. The van der Waals surface area contributed by atoms with Gasteiger partial charge in [-0.2, -0.15) is 0 Å². The fraction of sp³-hybridized carbons (Fsp3) is 0. The molecule has 0 radical (unpaired) electrons. The van der Waals surface area contributed by atoms with Crippen LogP contribution in [0.25, 0.3) is 43.4 Å². The van der Waals surface area contributed by atoms with Crippen molar-refractivity contribution in [3.05, 3.63) is 91.3 Å². The summed E-state index contributed by atoms with van der Waals surface area (Å²) in [6.07, 6.45) is 0. The molecule has 2 aliphatic rings. The first kappa shape index (κ1) is 13.1. The molecule has 0 atom stereocenters. The number of fused-ring (bicyclic) bond motifs is 6. The van der Waals surface area contributed by atoms with Crippen molar-refractivity contribution in [1.82, 2.24) is 0 Å². The van der Waals surface area contributed by atoms with Crippen molar-refractivity contribution in [2.75, 3.05) is 0 Å². The maximum absolute atomic E-state index is 12.2. The smallest absolute Gasteiger partial charge is 0.273 e. The zero-order valence-corrected chi connectivity index (χ0v) is 12.5. The summed E-state index contributed by atoms with van der Waals surface area (Å²) in [4.78, 5) is 35.5. The number of rotatable bonds is 0. The highest BCUT2D eigenvalue weighted by Crippen LogP contribution is 2.36. The van der Waals surface area contributed by atoms with Crippen LogP contribution in [0.2, 0.25) is 0 Å². The van der Waals surface area contributed by atoms with E-state index >= 15 is 0 Å². The molecule has 3 aromatic rings. The highest BCUT2D eigenvalue weighted by atomic mass is 16.2. The van der Waals surface area contributed by atoms with Gasteiger partial charge in [0.2, 0.25) is 10.9 Å². The van der Waals surface area contributed by atoms with Crippen molar-refractivity contribution >= 4 is 32.3 Å². The molecule has 0 amide bonds. The fourth-order valence-electron chi connectivity index (χ4n) is 3.57. The lowest BCUT2D eigenvalue weighted by Gasteiger charge is -2.04. The van der Waals surface area contributed by atoms with E-state index in [9.17, 15) is 14.4 Å². The Hall–Kier alpha value is -3.33. The monoisotopic (exact) mass is 310 g/mol. The summed E-state index contributed by atoms with van der Waals surface area (Å²) in [6.45, 7) is 0. The first-order chi connectivity index (χ1) is 11.6. The van der Waals surface area contributed by atoms with Crippen LogP contribution in [0.5, 0.6) is 0 Å². The predicted octanol–water partition coefficient (Wildman–Crippen LogP) is 3.21. The third-order valence-corrected chi connectivity index (χ3v) is 4.75. The van der Waals surface area contributed by atoms with Gasteiger partial charge in [0.15, 0.2) is 0 Å². The Labute approximate surface area is 135 Å². The van der Waals surface area contributed by atoms with E-state index in [2.05, 4.69) is 18.2 Å². The van der Waals surface area contributed by atoms with Crippen molar-refractivity contribution in [3.63, 3.8) is 0 Å². The summed E-state index contributed by atoms with van der Waals surface area (Å²) < 4.78 is 0. The molecule has 0 spiro atoms. The molecule has 24 heavy (non-hydrogen) atoms. The van der Waals surface area contributed by atoms with E-state index in [1.165, 1.54) is 6.07 Å². The average Bonchev–Trinajstić information content (AvgIpc) is 2.97. The normalized spacial score (nSPS) is 11.8. The molecule has 0 aromatic heterocycles. The van der Waals surface area contributed by atoms with Gasteiger partial charge in [-0.3, -0.25) is 14.4 Å². The largest absolute Gasteiger partial charge is 0.285 e. The van der Waals surface area contributed by atoms with Gasteiger partial charge in [-0.1, -0.05) is 36.4 Å². The molecule has 0 heterocycles. The van der Waals surface area contributed by atoms with E-state index < -0.39 is 16.3 Å². The SMILES string of the molecule is O=c1cc2c3ccc4cc5ccccc5cc4c3cc-2c(=O)c1=O. The number of hydrogen-bond acceptors (Lipinski definition) is 3. The fourth-order valence-corrected chi connectivity index (χ4v) is 3.57. The van der Waals surface area contributed by atoms with E-state index in [0.29, 0.717) is 11.1 Å². The molecule has 0 saturated heterocycles. The maximum atomic E-state index is 12.2. The Balaban J connectivity index is 2.06. The summed E-state index contributed by atoms with van der Waals surface area (Å²) in [7, 11) is 0. The summed E-state index contributed by atoms with van der Waals surface area (Å²) in [5.74, 6) is 0.